The Bertz CT molecular complexity index is 581. The van der Waals surface area contributed by atoms with Gasteiger partial charge in [0, 0.05) is 5.56 Å². The first-order valence-electron chi connectivity index (χ1n) is 5.40. The highest BCUT2D eigenvalue weighted by molar-refractivity contribution is 6.31. The largest absolute Gasteiger partial charge is 0.319 e. The van der Waals surface area contributed by atoms with Crippen molar-refractivity contribution in [2.45, 2.75) is 6.92 Å². The van der Waals surface area contributed by atoms with Gasteiger partial charge < -0.3 is 5.32 Å². The van der Waals surface area contributed by atoms with Crippen LogP contribution in [0.25, 0.3) is 0 Å². The molecule has 0 saturated carbocycles. The van der Waals surface area contributed by atoms with E-state index in [1.165, 1.54) is 12.1 Å². The second-order valence-electron chi connectivity index (χ2n) is 3.92. The Balaban J connectivity index is 2.21. The normalized spacial score (nSPS) is 10.2. The van der Waals surface area contributed by atoms with E-state index in [0.29, 0.717) is 5.56 Å². The van der Waals surface area contributed by atoms with Crippen molar-refractivity contribution >= 4 is 23.2 Å². The van der Waals surface area contributed by atoms with Crippen LogP contribution in [-0.4, -0.2) is 5.91 Å². The number of rotatable bonds is 2. The lowest BCUT2D eigenvalue weighted by molar-refractivity contribution is 0.102. The van der Waals surface area contributed by atoms with Gasteiger partial charge in [-0.2, -0.15) is 0 Å². The number of halogens is 2. The van der Waals surface area contributed by atoms with Crippen molar-refractivity contribution in [3.8, 4) is 0 Å². The summed E-state index contributed by atoms with van der Waals surface area (Å²) < 4.78 is 13.6. The van der Waals surface area contributed by atoms with E-state index >= 15 is 0 Å². The van der Waals surface area contributed by atoms with Gasteiger partial charge in [-0.25, -0.2) is 4.39 Å². The first kappa shape index (κ1) is 12.6. The minimum absolute atomic E-state index is 0.0169. The van der Waals surface area contributed by atoms with E-state index in [2.05, 4.69) is 5.32 Å². The van der Waals surface area contributed by atoms with Crippen LogP contribution in [0.4, 0.5) is 10.1 Å². The fourth-order valence-corrected chi connectivity index (χ4v) is 1.67. The Kier molecular flexibility index (Phi) is 3.63. The van der Waals surface area contributed by atoms with Gasteiger partial charge >= 0.3 is 0 Å². The van der Waals surface area contributed by atoms with Gasteiger partial charge in [0.05, 0.1) is 10.7 Å². The Morgan fingerprint density at radius 3 is 2.50 bits per heavy atom. The average molecular weight is 264 g/mol. The van der Waals surface area contributed by atoms with Gasteiger partial charge in [-0.3, -0.25) is 4.79 Å². The van der Waals surface area contributed by atoms with Gasteiger partial charge in [0.15, 0.2) is 5.82 Å². The summed E-state index contributed by atoms with van der Waals surface area (Å²) >= 11 is 5.64. The molecule has 0 atom stereocenters. The molecule has 92 valence electrons. The van der Waals surface area contributed by atoms with Gasteiger partial charge in [-0.1, -0.05) is 35.4 Å². The number of amides is 1. The summed E-state index contributed by atoms with van der Waals surface area (Å²) in [5.74, 6) is -0.990. The van der Waals surface area contributed by atoms with Crippen LogP contribution < -0.4 is 5.32 Å². The van der Waals surface area contributed by atoms with Crippen molar-refractivity contribution < 1.29 is 9.18 Å². The van der Waals surface area contributed by atoms with Gasteiger partial charge in [-0.05, 0) is 31.2 Å². The predicted octanol–water partition coefficient (Wildman–Crippen LogP) is 4.04. The summed E-state index contributed by atoms with van der Waals surface area (Å²) in [5, 5.41) is 2.47. The van der Waals surface area contributed by atoms with E-state index in [4.69, 9.17) is 11.6 Å². The van der Waals surface area contributed by atoms with Crippen LogP contribution in [-0.2, 0) is 0 Å². The molecule has 0 aromatic heterocycles. The molecule has 2 nitrogen and oxygen atoms in total. The molecule has 1 N–H and O–H groups in total. The Morgan fingerprint density at radius 1 is 1.17 bits per heavy atom. The zero-order valence-corrected chi connectivity index (χ0v) is 10.5. The summed E-state index contributed by atoms with van der Waals surface area (Å²) in [6.07, 6.45) is 0. The number of anilines is 1. The number of carbonyl (C=O) groups is 1. The summed E-state index contributed by atoms with van der Waals surface area (Å²) in [5.41, 5.74) is 1.61. The highest BCUT2D eigenvalue weighted by Gasteiger charge is 2.10. The van der Waals surface area contributed by atoms with Crippen molar-refractivity contribution in [3.63, 3.8) is 0 Å². The van der Waals surface area contributed by atoms with Crippen molar-refractivity contribution in [1.29, 1.82) is 0 Å². The molecule has 0 heterocycles. The van der Waals surface area contributed by atoms with Crippen LogP contribution in [0.2, 0.25) is 5.02 Å². The first-order valence-corrected chi connectivity index (χ1v) is 5.78. The molecule has 0 aliphatic rings. The predicted molar refractivity (Wildman–Crippen MR) is 70.5 cm³/mol. The zero-order valence-electron chi connectivity index (χ0n) is 9.71. The molecule has 4 heteroatoms. The van der Waals surface area contributed by atoms with E-state index in [1.54, 1.807) is 18.2 Å². The van der Waals surface area contributed by atoms with Crippen molar-refractivity contribution in [2.75, 3.05) is 5.32 Å². The molecule has 0 spiro atoms. The molecule has 2 rings (SSSR count). The maximum atomic E-state index is 13.6. The maximum Gasteiger partial charge on any atom is 0.255 e. The summed E-state index contributed by atoms with van der Waals surface area (Å²) in [6.45, 7) is 1.93. The standard InChI is InChI=1S/C14H11ClFNO/c1-9-5-7-10(8-6-9)14(18)17-12-4-2-3-11(15)13(12)16/h2-8H,1H3,(H,17,18). The molecular formula is C14H11ClFNO. The molecule has 0 aliphatic heterocycles. The lowest BCUT2D eigenvalue weighted by Gasteiger charge is -2.07. The quantitative estimate of drug-likeness (QED) is 0.870. The smallest absolute Gasteiger partial charge is 0.255 e. The Morgan fingerprint density at radius 2 is 1.83 bits per heavy atom. The molecule has 0 fully saturated rings. The highest BCUT2D eigenvalue weighted by Crippen LogP contribution is 2.22. The fourth-order valence-electron chi connectivity index (χ4n) is 1.50. The number of hydrogen-bond donors (Lipinski definition) is 1. The van der Waals surface area contributed by atoms with Gasteiger partial charge in [-0.15, -0.1) is 0 Å². The molecule has 0 bridgehead atoms. The minimum atomic E-state index is -0.625. The second-order valence-corrected chi connectivity index (χ2v) is 4.33. The van der Waals surface area contributed by atoms with Gasteiger partial charge in [0.2, 0.25) is 0 Å². The van der Waals surface area contributed by atoms with Crippen LogP contribution in [0.1, 0.15) is 15.9 Å². The van der Waals surface area contributed by atoms with E-state index in [9.17, 15) is 9.18 Å². The third-order valence-corrected chi connectivity index (χ3v) is 2.81. The van der Waals surface area contributed by atoms with E-state index in [-0.39, 0.29) is 16.6 Å². The lowest BCUT2D eigenvalue weighted by Crippen LogP contribution is -2.12. The monoisotopic (exact) mass is 263 g/mol. The van der Waals surface area contributed by atoms with Crippen LogP contribution in [0.3, 0.4) is 0 Å². The fraction of sp³-hybridized carbons (Fsp3) is 0.0714. The SMILES string of the molecule is Cc1ccc(C(=O)Nc2cccc(Cl)c2F)cc1. The molecule has 1 amide bonds. The van der Waals surface area contributed by atoms with Crippen molar-refractivity contribution in [2.24, 2.45) is 0 Å². The van der Waals surface area contributed by atoms with E-state index in [1.807, 2.05) is 19.1 Å². The summed E-state index contributed by atoms with van der Waals surface area (Å²) in [6, 6.07) is 11.5. The van der Waals surface area contributed by atoms with E-state index in [0.717, 1.165) is 5.56 Å². The molecular weight excluding hydrogens is 253 g/mol. The van der Waals surface area contributed by atoms with Gasteiger partial charge in [0.1, 0.15) is 0 Å². The molecule has 2 aromatic carbocycles. The van der Waals surface area contributed by atoms with Gasteiger partial charge in [0.25, 0.3) is 5.91 Å². The lowest BCUT2D eigenvalue weighted by atomic mass is 10.1. The molecule has 0 saturated heterocycles. The Labute approximate surface area is 109 Å². The number of aryl methyl sites for hydroxylation is 1. The molecule has 2 aromatic rings. The third kappa shape index (κ3) is 2.68. The number of benzene rings is 2. The van der Waals surface area contributed by atoms with Crippen LogP contribution >= 0.6 is 11.6 Å². The highest BCUT2D eigenvalue weighted by atomic mass is 35.5. The first-order chi connectivity index (χ1) is 8.58. The third-order valence-electron chi connectivity index (χ3n) is 2.51. The van der Waals surface area contributed by atoms with Crippen molar-refractivity contribution in [3.05, 3.63) is 64.4 Å². The minimum Gasteiger partial charge on any atom is -0.319 e. The Hall–Kier alpha value is -1.87. The van der Waals surface area contributed by atoms with Crippen LogP contribution in [0, 0.1) is 12.7 Å². The topological polar surface area (TPSA) is 29.1 Å². The number of carbonyl (C=O) groups excluding carboxylic acids is 1. The number of hydrogen-bond acceptors (Lipinski definition) is 1. The zero-order chi connectivity index (χ0) is 13.1. The van der Waals surface area contributed by atoms with Crippen LogP contribution in [0.5, 0.6) is 0 Å². The molecule has 0 radical (unpaired) electrons. The summed E-state index contributed by atoms with van der Waals surface area (Å²) in [4.78, 5) is 11.9. The maximum absolute atomic E-state index is 13.6. The molecule has 0 aliphatic carbocycles. The summed E-state index contributed by atoms with van der Waals surface area (Å²) in [7, 11) is 0. The van der Waals surface area contributed by atoms with Crippen molar-refractivity contribution in [1.82, 2.24) is 0 Å². The average Bonchev–Trinajstić information content (AvgIpc) is 2.36. The van der Waals surface area contributed by atoms with Crippen LogP contribution in [0.15, 0.2) is 42.5 Å². The number of nitrogens with one attached hydrogen (secondary N) is 1. The molecule has 18 heavy (non-hydrogen) atoms. The molecule has 0 unspecified atom stereocenters. The van der Waals surface area contributed by atoms with E-state index < -0.39 is 5.82 Å². The second kappa shape index (κ2) is 5.19.